The van der Waals surface area contributed by atoms with Crippen molar-refractivity contribution in [2.24, 2.45) is 10.2 Å². The van der Waals surface area contributed by atoms with Crippen LogP contribution in [0.15, 0.2) is 93.9 Å². The number of anilines is 2. The molecule has 2 amide bonds. The summed E-state index contributed by atoms with van der Waals surface area (Å²) < 4.78 is 12.3. The van der Waals surface area contributed by atoms with Crippen LogP contribution in [0.3, 0.4) is 0 Å². The van der Waals surface area contributed by atoms with E-state index in [0.29, 0.717) is 22.9 Å². The second-order valence-corrected chi connectivity index (χ2v) is 15.4. The third-order valence-electron chi connectivity index (χ3n) is 9.67. The Kier molecular flexibility index (Phi) is 12.8. The molecule has 0 aliphatic rings. The third kappa shape index (κ3) is 9.59. The van der Waals surface area contributed by atoms with Gasteiger partial charge in [-0.05, 0) is 89.9 Å². The molecule has 4 aromatic carbocycles. The summed E-state index contributed by atoms with van der Waals surface area (Å²) in [5.41, 5.74) is 2.18. The molecule has 0 saturated carbocycles. The summed E-state index contributed by atoms with van der Waals surface area (Å²) in [4.78, 5) is 40.5. The molecule has 0 atom stereocenters. The zero-order valence-electron chi connectivity index (χ0n) is 31.6. The van der Waals surface area contributed by atoms with Crippen molar-refractivity contribution >= 4 is 69.5 Å². The van der Waals surface area contributed by atoms with Crippen LogP contribution >= 0.6 is 34.8 Å². The highest BCUT2D eigenvalue weighted by Gasteiger charge is 2.27. The van der Waals surface area contributed by atoms with Gasteiger partial charge in [0.1, 0.15) is 17.2 Å². The minimum absolute atomic E-state index is 0.00781. The van der Waals surface area contributed by atoms with Gasteiger partial charge in [-0.3, -0.25) is 19.5 Å². The van der Waals surface area contributed by atoms with E-state index >= 15 is 0 Å². The average Bonchev–Trinajstić information content (AvgIpc) is 3.45. The highest BCUT2D eigenvalue weighted by Crippen LogP contribution is 2.39. The molecular weight excluding hydrogens is 763 g/mol. The van der Waals surface area contributed by atoms with Crippen LogP contribution in [-0.4, -0.2) is 35.3 Å². The molecule has 3 N–H and O–H groups in total. The summed E-state index contributed by atoms with van der Waals surface area (Å²) in [6.07, 6.45) is 1.86. The average molecular weight is 806 g/mol. The van der Waals surface area contributed by atoms with Gasteiger partial charge in [0.15, 0.2) is 18.1 Å². The number of nitrogens with one attached hydrogen (secondary N) is 3. The lowest BCUT2D eigenvalue weighted by Crippen LogP contribution is -2.24. The third-order valence-corrected chi connectivity index (χ3v) is 10.5. The van der Waals surface area contributed by atoms with Crippen LogP contribution in [0, 0.1) is 0 Å². The molecule has 55 heavy (non-hydrogen) atoms. The number of methoxy groups -OCH3 is 1. The number of H-pyrrole nitrogens is 1. The van der Waals surface area contributed by atoms with E-state index in [1.807, 2.05) is 6.07 Å². The van der Waals surface area contributed by atoms with Crippen molar-refractivity contribution in [2.75, 3.05) is 24.4 Å². The number of carbonyl (C=O) groups excluding carboxylic acids is 2. The normalized spacial score (nSPS) is 11.8. The summed E-state index contributed by atoms with van der Waals surface area (Å²) >= 11 is 19.0. The van der Waals surface area contributed by atoms with E-state index in [1.165, 1.54) is 30.9 Å². The van der Waals surface area contributed by atoms with Crippen LogP contribution in [0.4, 0.5) is 22.9 Å². The standard InChI is InChI=1S/C41H43Cl3N6O5/c1-8-40(3,4)25-13-18-33(30(20-25)41(5,6)9-2)55-23-34(51)45-28-12-10-11-24(19-28)38(52)46-37-35(48-47-27-14-16-29(54-7)17-15-27)39(53)50(49-37)36-31(43)21-26(42)22-32(36)44/h10-22,49H,8-9,23H2,1-7H3,(H,45,51)(H,46,52)/b48-47+. The first-order valence-electron chi connectivity index (χ1n) is 17.6. The van der Waals surface area contributed by atoms with Gasteiger partial charge in [0, 0.05) is 21.8 Å². The fourth-order valence-electron chi connectivity index (χ4n) is 5.54. The summed E-state index contributed by atoms with van der Waals surface area (Å²) in [5.74, 6) is 0.149. The fourth-order valence-corrected chi connectivity index (χ4v) is 6.52. The number of aromatic nitrogens is 2. The van der Waals surface area contributed by atoms with Crippen molar-refractivity contribution in [2.45, 2.75) is 65.2 Å². The van der Waals surface area contributed by atoms with E-state index in [2.05, 4.69) is 79.6 Å². The lowest BCUT2D eigenvalue weighted by molar-refractivity contribution is -0.118. The maximum atomic E-state index is 13.7. The van der Waals surface area contributed by atoms with Crippen LogP contribution in [0.25, 0.3) is 5.69 Å². The molecule has 0 aliphatic heterocycles. The zero-order chi connectivity index (χ0) is 40.1. The number of carbonyl (C=O) groups is 2. The van der Waals surface area contributed by atoms with Crippen molar-refractivity contribution < 1.29 is 19.1 Å². The van der Waals surface area contributed by atoms with Crippen molar-refractivity contribution in [1.29, 1.82) is 0 Å². The molecule has 5 aromatic rings. The molecule has 0 bridgehead atoms. The number of nitrogens with zero attached hydrogens (tertiary/aromatic N) is 3. The SMILES string of the molecule is CCC(C)(C)c1ccc(OCC(=O)Nc2cccc(C(=O)Nc3[nH]n(-c4c(Cl)cc(Cl)cc4Cl)c(=O)c3/N=N/c3ccc(OC)cc3)c2)c(C(C)(C)CC)c1. The number of rotatable bonds is 14. The smallest absolute Gasteiger partial charge is 0.301 e. The monoisotopic (exact) mass is 804 g/mol. The number of aromatic amines is 1. The summed E-state index contributed by atoms with van der Waals surface area (Å²) in [5, 5.41) is 17.1. The summed E-state index contributed by atoms with van der Waals surface area (Å²) in [7, 11) is 1.54. The number of halogens is 3. The molecule has 0 radical (unpaired) electrons. The Hall–Kier alpha value is -5.10. The minimum Gasteiger partial charge on any atom is -0.497 e. The predicted molar refractivity (Wildman–Crippen MR) is 220 cm³/mol. The van der Waals surface area contributed by atoms with Gasteiger partial charge in [-0.15, -0.1) is 5.11 Å². The van der Waals surface area contributed by atoms with Gasteiger partial charge in [-0.1, -0.05) is 94.5 Å². The lowest BCUT2D eigenvalue weighted by Gasteiger charge is -2.30. The van der Waals surface area contributed by atoms with Gasteiger partial charge >= 0.3 is 5.56 Å². The zero-order valence-corrected chi connectivity index (χ0v) is 33.9. The van der Waals surface area contributed by atoms with Crippen molar-refractivity contribution in [3.8, 4) is 17.2 Å². The van der Waals surface area contributed by atoms with E-state index in [1.54, 1.807) is 42.5 Å². The van der Waals surface area contributed by atoms with Gasteiger partial charge in [0.25, 0.3) is 11.8 Å². The van der Waals surface area contributed by atoms with Gasteiger partial charge in [-0.25, -0.2) is 4.68 Å². The molecule has 0 aliphatic carbocycles. The predicted octanol–water partition coefficient (Wildman–Crippen LogP) is 11.2. The molecule has 288 valence electrons. The van der Waals surface area contributed by atoms with Crippen LogP contribution in [0.2, 0.25) is 15.1 Å². The number of amides is 2. The van der Waals surface area contributed by atoms with Crippen LogP contribution in [0.5, 0.6) is 11.5 Å². The number of hydrogen-bond acceptors (Lipinski definition) is 7. The molecule has 14 heteroatoms. The number of benzene rings is 4. The molecule has 0 saturated heterocycles. The van der Waals surface area contributed by atoms with Crippen LogP contribution < -0.4 is 25.7 Å². The van der Waals surface area contributed by atoms with E-state index in [4.69, 9.17) is 44.3 Å². The molecular formula is C41H43Cl3N6O5. The van der Waals surface area contributed by atoms with Crippen molar-refractivity contribution in [3.05, 3.63) is 121 Å². The molecule has 0 spiro atoms. The Balaban J connectivity index is 1.37. The molecule has 5 rings (SSSR count). The maximum Gasteiger partial charge on any atom is 0.301 e. The minimum atomic E-state index is -0.700. The van der Waals surface area contributed by atoms with Gasteiger partial charge in [-0.2, -0.15) is 5.11 Å². The quantitative estimate of drug-likeness (QED) is 0.0959. The first-order chi connectivity index (χ1) is 26.1. The van der Waals surface area contributed by atoms with Crippen molar-refractivity contribution in [3.63, 3.8) is 0 Å². The van der Waals surface area contributed by atoms with Gasteiger partial charge in [0.05, 0.1) is 22.8 Å². The second kappa shape index (κ2) is 17.1. The Morgan fingerprint density at radius 1 is 0.836 bits per heavy atom. The number of ether oxygens (including phenoxy) is 2. The highest BCUT2D eigenvalue weighted by atomic mass is 35.5. The molecule has 0 fully saturated rings. The van der Waals surface area contributed by atoms with E-state index in [9.17, 15) is 14.4 Å². The Bertz CT molecular complexity index is 2270. The summed E-state index contributed by atoms with van der Waals surface area (Å²) in [6.45, 7) is 12.8. The topological polar surface area (TPSA) is 139 Å². The lowest BCUT2D eigenvalue weighted by atomic mass is 9.76. The first-order valence-corrected chi connectivity index (χ1v) is 18.7. The van der Waals surface area contributed by atoms with Crippen LogP contribution in [0.1, 0.15) is 75.9 Å². The van der Waals surface area contributed by atoms with E-state index in [-0.39, 0.29) is 55.3 Å². The highest BCUT2D eigenvalue weighted by molar-refractivity contribution is 6.40. The van der Waals surface area contributed by atoms with E-state index < -0.39 is 17.4 Å². The van der Waals surface area contributed by atoms with Gasteiger partial charge < -0.3 is 20.1 Å². The summed E-state index contributed by atoms with van der Waals surface area (Å²) in [6, 6.07) is 22.0. The Morgan fingerprint density at radius 2 is 1.51 bits per heavy atom. The molecule has 11 nitrogen and oxygen atoms in total. The van der Waals surface area contributed by atoms with E-state index in [0.717, 1.165) is 23.1 Å². The van der Waals surface area contributed by atoms with Crippen molar-refractivity contribution in [1.82, 2.24) is 9.78 Å². The Morgan fingerprint density at radius 3 is 2.15 bits per heavy atom. The Labute approximate surface area is 335 Å². The molecule has 0 unspecified atom stereocenters. The molecule has 1 heterocycles. The fraction of sp³-hybridized carbons (Fsp3) is 0.293. The van der Waals surface area contributed by atoms with Crippen LogP contribution in [-0.2, 0) is 15.6 Å². The number of hydrogen-bond donors (Lipinski definition) is 3. The molecule has 1 aromatic heterocycles. The largest absolute Gasteiger partial charge is 0.497 e. The first kappa shape index (κ1) is 41.1. The second-order valence-electron chi connectivity index (χ2n) is 14.1. The maximum absolute atomic E-state index is 13.7. The van der Waals surface area contributed by atoms with Gasteiger partial charge in [0.2, 0.25) is 0 Å². The number of azo groups is 1.